The topological polar surface area (TPSA) is 87.6 Å². The van der Waals surface area contributed by atoms with Crippen LogP contribution in [-0.4, -0.2) is 25.2 Å². The molecule has 0 unspecified atom stereocenters. The minimum Gasteiger partial charge on any atom is -0.333 e. The van der Waals surface area contributed by atoms with Crippen molar-refractivity contribution in [3.63, 3.8) is 0 Å². The highest BCUT2D eigenvalue weighted by Gasteiger charge is 2.24. The first kappa shape index (κ1) is 17.5. The van der Waals surface area contributed by atoms with Crippen molar-refractivity contribution in [2.75, 3.05) is 16.4 Å². The highest BCUT2D eigenvalue weighted by molar-refractivity contribution is 8.15. The van der Waals surface area contributed by atoms with E-state index in [0.29, 0.717) is 5.69 Å². The molecule has 3 rings (SSSR count). The van der Waals surface area contributed by atoms with Crippen LogP contribution >= 0.6 is 11.8 Å². The molecule has 0 aliphatic carbocycles. The predicted octanol–water partition coefficient (Wildman–Crippen LogP) is 3.09. The lowest BCUT2D eigenvalue weighted by Crippen LogP contribution is -2.22. The Labute approximate surface area is 150 Å². The number of amides is 1. The molecule has 0 radical (unpaired) electrons. The molecule has 0 aromatic heterocycles. The first-order chi connectivity index (χ1) is 12.0. The van der Waals surface area contributed by atoms with Crippen molar-refractivity contribution in [2.24, 2.45) is 4.40 Å². The van der Waals surface area contributed by atoms with Crippen LogP contribution in [0.15, 0.2) is 57.8 Å². The first-order valence-electron chi connectivity index (χ1n) is 7.70. The number of nitrogens with one attached hydrogen (secondary N) is 2. The van der Waals surface area contributed by atoms with Gasteiger partial charge in [-0.2, -0.15) is 8.42 Å². The lowest BCUT2D eigenvalue weighted by molar-refractivity contribution is -0.113. The third-order valence-corrected chi connectivity index (χ3v) is 5.89. The quantitative estimate of drug-likeness (QED) is 0.857. The zero-order valence-corrected chi connectivity index (χ0v) is 15.2. The molecule has 2 aromatic rings. The largest absolute Gasteiger partial charge is 0.333 e. The first-order valence-corrected chi connectivity index (χ1v) is 10.1. The van der Waals surface area contributed by atoms with Crippen LogP contribution < -0.4 is 10.6 Å². The Balaban J connectivity index is 1.64. The maximum absolute atomic E-state index is 12.1. The molecule has 0 fully saturated rings. The van der Waals surface area contributed by atoms with Crippen molar-refractivity contribution in [1.82, 2.24) is 0 Å². The summed E-state index contributed by atoms with van der Waals surface area (Å²) in [6, 6.07) is 14.2. The Morgan fingerprint density at radius 1 is 1.20 bits per heavy atom. The summed E-state index contributed by atoms with van der Waals surface area (Å²) in [5.74, 6) is -0.168. The van der Waals surface area contributed by atoms with E-state index in [9.17, 15) is 13.2 Å². The van der Waals surface area contributed by atoms with E-state index in [2.05, 4.69) is 15.0 Å². The molecule has 0 atom stereocenters. The molecular weight excluding hydrogens is 358 g/mol. The van der Waals surface area contributed by atoms with E-state index < -0.39 is 10.0 Å². The molecule has 25 heavy (non-hydrogen) atoms. The molecule has 130 valence electrons. The second-order valence-corrected chi connectivity index (χ2v) is 7.92. The van der Waals surface area contributed by atoms with Gasteiger partial charge in [0.25, 0.3) is 10.0 Å². The fourth-order valence-electron chi connectivity index (χ4n) is 2.35. The lowest BCUT2D eigenvalue weighted by Gasteiger charge is -2.17. The van der Waals surface area contributed by atoms with Crippen LogP contribution in [-0.2, 0) is 21.2 Å². The van der Waals surface area contributed by atoms with Gasteiger partial charge in [0, 0.05) is 5.69 Å². The molecule has 0 saturated heterocycles. The van der Waals surface area contributed by atoms with Gasteiger partial charge in [0.1, 0.15) is 4.90 Å². The van der Waals surface area contributed by atoms with Gasteiger partial charge < -0.3 is 10.6 Å². The summed E-state index contributed by atoms with van der Waals surface area (Å²) in [4.78, 5) is 12.2. The summed E-state index contributed by atoms with van der Waals surface area (Å²) >= 11 is 1.05. The number of nitrogens with zero attached hydrogens (tertiary/aromatic N) is 1. The van der Waals surface area contributed by atoms with Gasteiger partial charge >= 0.3 is 0 Å². The highest BCUT2D eigenvalue weighted by atomic mass is 32.2. The van der Waals surface area contributed by atoms with Gasteiger partial charge in [-0.3, -0.25) is 4.79 Å². The van der Waals surface area contributed by atoms with Crippen molar-refractivity contribution in [3.05, 3.63) is 54.1 Å². The van der Waals surface area contributed by atoms with Crippen molar-refractivity contribution < 1.29 is 13.2 Å². The van der Waals surface area contributed by atoms with E-state index in [4.69, 9.17) is 0 Å². The summed E-state index contributed by atoms with van der Waals surface area (Å²) in [5, 5.41) is 5.94. The van der Waals surface area contributed by atoms with E-state index in [1.165, 1.54) is 6.07 Å². The fourth-order valence-corrected chi connectivity index (χ4v) is 4.39. The third-order valence-electron chi connectivity index (χ3n) is 3.57. The van der Waals surface area contributed by atoms with E-state index in [1.54, 1.807) is 18.2 Å². The Bertz CT molecular complexity index is 940. The number of carbonyl (C=O) groups excluding carboxylic acids is 1. The van der Waals surface area contributed by atoms with Crippen LogP contribution in [0.1, 0.15) is 12.5 Å². The van der Waals surface area contributed by atoms with Gasteiger partial charge in [0.2, 0.25) is 5.91 Å². The number of hydrogen-bond acceptors (Lipinski definition) is 5. The summed E-state index contributed by atoms with van der Waals surface area (Å²) < 4.78 is 28.0. The maximum atomic E-state index is 12.1. The SMILES string of the molecule is CCc1cccc(NC(=O)CSC2=NS(=O)(=O)c3ccccc3N2)c1. The van der Waals surface area contributed by atoms with E-state index in [-0.39, 0.29) is 21.7 Å². The average molecular weight is 375 g/mol. The number of anilines is 2. The smallest absolute Gasteiger partial charge is 0.286 e. The molecule has 0 bridgehead atoms. The lowest BCUT2D eigenvalue weighted by atomic mass is 10.1. The normalized spacial score (nSPS) is 14.8. The number of aryl methyl sites for hydroxylation is 1. The maximum Gasteiger partial charge on any atom is 0.286 e. The number of amidine groups is 1. The number of sulfonamides is 1. The predicted molar refractivity (Wildman–Crippen MR) is 102 cm³/mol. The summed E-state index contributed by atoms with van der Waals surface area (Å²) in [5.41, 5.74) is 2.32. The van der Waals surface area contributed by atoms with E-state index in [0.717, 1.165) is 29.4 Å². The summed E-state index contributed by atoms with van der Waals surface area (Å²) in [6.07, 6.45) is 0.885. The number of para-hydroxylation sites is 1. The number of carbonyl (C=O) groups is 1. The fraction of sp³-hybridized carbons (Fsp3) is 0.176. The molecular formula is C17H17N3O3S2. The number of hydrogen-bond donors (Lipinski definition) is 2. The van der Waals surface area contributed by atoms with Crippen molar-refractivity contribution >= 4 is 44.2 Å². The molecule has 1 heterocycles. The van der Waals surface area contributed by atoms with Crippen molar-refractivity contribution in [3.8, 4) is 0 Å². The minimum absolute atomic E-state index is 0.0554. The Morgan fingerprint density at radius 3 is 2.80 bits per heavy atom. The molecule has 6 nitrogen and oxygen atoms in total. The van der Waals surface area contributed by atoms with E-state index in [1.807, 2.05) is 31.2 Å². The van der Waals surface area contributed by atoms with Crippen LogP contribution in [0.4, 0.5) is 11.4 Å². The zero-order chi connectivity index (χ0) is 17.9. The molecule has 8 heteroatoms. The molecule has 0 spiro atoms. The molecule has 1 amide bonds. The standard InChI is InChI=1S/C17H17N3O3S2/c1-2-12-6-5-7-13(10-12)18-16(21)11-24-17-19-14-8-3-4-9-15(14)25(22,23)20-17/h3-10H,2,11H2,1H3,(H,18,21)(H,19,20). The molecule has 0 saturated carbocycles. The second kappa shape index (κ2) is 7.28. The number of thioether (sulfide) groups is 1. The van der Waals surface area contributed by atoms with Crippen LogP contribution in [0.3, 0.4) is 0 Å². The van der Waals surface area contributed by atoms with Crippen LogP contribution in [0, 0.1) is 0 Å². The van der Waals surface area contributed by atoms with Gasteiger partial charge in [-0.15, -0.1) is 4.40 Å². The van der Waals surface area contributed by atoms with E-state index >= 15 is 0 Å². The molecule has 2 aromatic carbocycles. The third kappa shape index (κ3) is 4.21. The highest BCUT2D eigenvalue weighted by Crippen LogP contribution is 2.28. The average Bonchev–Trinajstić information content (AvgIpc) is 2.60. The van der Waals surface area contributed by atoms with Crippen molar-refractivity contribution in [2.45, 2.75) is 18.2 Å². The molecule has 1 aliphatic heterocycles. The molecule has 1 aliphatic rings. The van der Waals surface area contributed by atoms with Gasteiger partial charge in [-0.25, -0.2) is 0 Å². The molecule has 2 N–H and O–H groups in total. The summed E-state index contributed by atoms with van der Waals surface area (Å²) in [7, 11) is -3.73. The number of rotatable bonds is 4. The second-order valence-electron chi connectivity index (χ2n) is 5.38. The van der Waals surface area contributed by atoms with Gasteiger partial charge in [0.05, 0.1) is 11.4 Å². The van der Waals surface area contributed by atoms with Gasteiger partial charge in [-0.1, -0.05) is 43.0 Å². The van der Waals surface area contributed by atoms with Crippen LogP contribution in [0.5, 0.6) is 0 Å². The van der Waals surface area contributed by atoms with Gasteiger partial charge in [-0.05, 0) is 36.2 Å². The Kier molecular flexibility index (Phi) is 5.10. The zero-order valence-electron chi connectivity index (χ0n) is 13.5. The van der Waals surface area contributed by atoms with Crippen LogP contribution in [0.2, 0.25) is 0 Å². The monoisotopic (exact) mass is 375 g/mol. The van der Waals surface area contributed by atoms with Gasteiger partial charge in [0.15, 0.2) is 5.17 Å². The Hall–Kier alpha value is -2.32. The van der Waals surface area contributed by atoms with Crippen molar-refractivity contribution in [1.29, 1.82) is 0 Å². The van der Waals surface area contributed by atoms with Crippen LogP contribution in [0.25, 0.3) is 0 Å². The Morgan fingerprint density at radius 2 is 2.00 bits per heavy atom. The number of fused-ring (bicyclic) bond motifs is 1. The summed E-state index contributed by atoms with van der Waals surface area (Å²) in [6.45, 7) is 2.04. The minimum atomic E-state index is -3.73. The number of benzene rings is 2.